The molecule has 130 valence electrons. The van der Waals surface area contributed by atoms with Crippen molar-refractivity contribution in [2.45, 2.75) is 32.8 Å². The molecule has 3 rings (SSSR count). The minimum atomic E-state index is -0.517. The number of hydrogen-bond donors (Lipinski definition) is 1. The summed E-state index contributed by atoms with van der Waals surface area (Å²) in [5.74, 6) is 0.528. The van der Waals surface area contributed by atoms with Crippen LogP contribution in [0.3, 0.4) is 0 Å². The second kappa shape index (κ2) is 7.38. The van der Waals surface area contributed by atoms with E-state index in [-0.39, 0.29) is 11.8 Å². The highest BCUT2D eigenvalue weighted by molar-refractivity contribution is 6.00. The van der Waals surface area contributed by atoms with Crippen LogP contribution in [0.25, 0.3) is 0 Å². The van der Waals surface area contributed by atoms with Crippen molar-refractivity contribution < 1.29 is 14.3 Å². The van der Waals surface area contributed by atoms with Crippen molar-refractivity contribution in [3.05, 3.63) is 54.1 Å². The van der Waals surface area contributed by atoms with Crippen LogP contribution in [-0.4, -0.2) is 24.5 Å². The largest absolute Gasteiger partial charge is 0.479 e. The molecule has 0 fully saturated rings. The lowest BCUT2D eigenvalue weighted by molar-refractivity contribution is -0.125. The predicted molar refractivity (Wildman–Crippen MR) is 98.0 cm³/mol. The number of ether oxygens (including phenoxy) is 1. The Morgan fingerprint density at radius 3 is 2.68 bits per heavy atom. The van der Waals surface area contributed by atoms with Crippen LogP contribution in [0, 0.1) is 0 Å². The summed E-state index contributed by atoms with van der Waals surface area (Å²) in [6.45, 7) is 4.25. The highest BCUT2D eigenvalue weighted by Gasteiger charge is 2.30. The first-order valence-electron chi connectivity index (χ1n) is 8.54. The van der Waals surface area contributed by atoms with E-state index in [0.29, 0.717) is 30.8 Å². The molecule has 2 aromatic carbocycles. The van der Waals surface area contributed by atoms with Gasteiger partial charge in [-0.1, -0.05) is 30.3 Å². The number of aryl methyl sites for hydroxylation is 1. The lowest BCUT2D eigenvalue weighted by atomic mass is 10.1. The summed E-state index contributed by atoms with van der Waals surface area (Å²) in [5, 5.41) is 2.90. The molecule has 0 aliphatic carbocycles. The van der Waals surface area contributed by atoms with Gasteiger partial charge in [0.2, 0.25) is 5.91 Å². The molecule has 1 aliphatic heterocycles. The summed E-state index contributed by atoms with van der Waals surface area (Å²) in [5.41, 5.74) is 2.56. The normalized spacial score (nSPS) is 16.2. The Morgan fingerprint density at radius 1 is 1.20 bits per heavy atom. The molecule has 0 aromatic heterocycles. The van der Waals surface area contributed by atoms with Crippen LogP contribution in [0.1, 0.15) is 25.8 Å². The Balaban J connectivity index is 1.67. The van der Waals surface area contributed by atoms with Crippen molar-refractivity contribution in [3.63, 3.8) is 0 Å². The van der Waals surface area contributed by atoms with Crippen LogP contribution in [-0.2, 0) is 16.0 Å². The van der Waals surface area contributed by atoms with Crippen LogP contribution in [0.2, 0.25) is 0 Å². The maximum atomic E-state index is 12.2. The SMILES string of the molecule is CCN1C(=O)C(C)Oc2cc(NC(=O)CCc3ccccc3)ccc21. The van der Waals surface area contributed by atoms with Crippen molar-refractivity contribution in [3.8, 4) is 5.75 Å². The molecule has 5 heteroatoms. The fraction of sp³-hybridized carbons (Fsp3) is 0.300. The number of anilines is 2. The molecule has 25 heavy (non-hydrogen) atoms. The molecule has 1 N–H and O–H groups in total. The van der Waals surface area contributed by atoms with E-state index in [2.05, 4.69) is 5.32 Å². The van der Waals surface area contributed by atoms with Crippen molar-refractivity contribution in [2.75, 3.05) is 16.8 Å². The number of carbonyl (C=O) groups excluding carboxylic acids is 2. The van der Waals surface area contributed by atoms with Crippen LogP contribution in [0.5, 0.6) is 5.75 Å². The molecule has 2 amide bonds. The maximum absolute atomic E-state index is 12.2. The Morgan fingerprint density at radius 2 is 1.96 bits per heavy atom. The first-order chi connectivity index (χ1) is 12.1. The van der Waals surface area contributed by atoms with E-state index in [0.717, 1.165) is 11.3 Å². The summed E-state index contributed by atoms with van der Waals surface area (Å²) in [6.07, 6.45) is 0.595. The molecule has 2 aromatic rings. The fourth-order valence-corrected chi connectivity index (χ4v) is 2.94. The van der Waals surface area contributed by atoms with Crippen LogP contribution in [0.15, 0.2) is 48.5 Å². The van der Waals surface area contributed by atoms with Gasteiger partial charge >= 0.3 is 0 Å². The molecule has 0 saturated carbocycles. The van der Waals surface area contributed by atoms with Gasteiger partial charge in [0.1, 0.15) is 5.75 Å². The lowest BCUT2D eigenvalue weighted by Gasteiger charge is -2.32. The number of nitrogens with zero attached hydrogens (tertiary/aromatic N) is 1. The van der Waals surface area contributed by atoms with Gasteiger partial charge in [-0.3, -0.25) is 9.59 Å². The van der Waals surface area contributed by atoms with Crippen molar-refractivity contribution in [1.29, 1.82) is 0 Å². The number of nitrogens with one attached hydrogen (secondary N) is 1. The summed E-state index contributed by atoms with van der Waals surface area (Å²) in [6, 6.07) is 15.3. The standard InChI is InChI=1S/C20H22N2O3/c1-3-22-17-11-10-16(13-18(17)25-14(2)20(22)24)21-19(23)12-9-15-7-5-4-6-8-15/h4-8,10-11,13-14H,3,9,12H2,1-2H3,(H,21,23). The van der Waals surface area contributed by atoms with Gasteiger partial charge in [-0.05, 0) is 38.0 Å². The molecule has 5 nitrogen and oxygen atoms in total. The molecular formula is C20H22N2O3. The third-order valence-corrected chi connectivity index (χ3v) is 4.25. The average Bonchev–Trinajstić information content (AvgIpc) is 2.62. The maximum Gasteiger partial charge on any atom is 0.267 e. The molecule has 1 atom stereocenters. The number of carbonyl (C=O) groups is 2. The molecule has 1 unspecified atom stereocenters. The molecule has 1 aliphatic rings. The third-order valence-electron chi connectivity index (χ3n) is 4.25. The first kappa shape index (κ1) is 17.0. The van der Waals surface area contributed by atoms with Crippen LogP contribution < -0.4 is 15.0 Å². The number of likely N-dealkylation sites (N-methyl/N-ethyl adjacent to an activating group) is 1. The number of rotatable bonds is 5. The molecule has 0 bridgehead atoms. The summed E-state index contributed by atoms with van der Waals surface area (Å²) < 4.78 is 5.69. The van der Waals surface area contributed by atoms with Gasteiger partial charge in [0, 0.05) is 24.7 Å². The minimum Gasteiger partial charge on any atom is -0.479 e. The predicted octanol–water partition coefficient (Wildman–Crippen LogP) is 3.39. The Kier molecular flexibility index (Phi) is 5.03. The fourth-order valence-electron chi connectivity index (χ4n) is 2.94. The van der Waals surface area contributed by atoms with E-state index >= 15 is 0 Å². The van der Waals surface area contributed by atoms with Gasteiger partial charge in [0.25, 0.3) is 5.91 Å². The van der Waals surface area contributed by atoms with E-state index in [1.165, 1.54) is 0 Å². The Labute approximate surface area is 147 Å². The van der Waals surface area contributed by atoms with Crippen LogP contribution in [0.4, 0.5) is 11.4 Å². The van der Waals surface area contributed by atoms with Crippen molar-refractivity contribution in [2.24, 2.45) is 0 Å². The second-order valence-corrected chi connectivity index (χ2v) is 6.06. The average molecular weight is 338 g/mol. The van der Waals surface area contributed by atoms with E-state index in [1.54, 1.807) is 24.0 Å². The van der Waals surface area contributed by atoms with Gasteiger partial charge in [-0.25, -0.2) is 0 Å². The zero-order valence-corrected chi connectivity index (χ0v) is 14.5. The van der Waals surface area contributed by atoms with E-state index in [4.69, 9.17) is 4.74 Å². The zero-order valence-electron chi connectivity index (χ0n) is 14.5. The van der Waals surface area contributed by atoms with E-state index in [1.807, 2.05) is 43.3 Å². The van der Waals surface area contributed by atoms with E-state index < -0.39 is 6.10 Å². The highest BCUT2D eigenvalue weighted by atomic mass is 16.5. The minimum absolute atomic E-state index is 0.0453. The monoisotopic (exact) mass is 338 g/mol. The third kappa shape index (κ3) is 3.82. The molecule has 1 heterocycles. The molecular weight excluding hydrogens is 316 g/mol. The smallest absolute Gasteiger partial charge is 0.267 e. The summed E-state index contributed by atoms with van der Waals surface area (Å²) in [7, 11) is 0. The van der Waals surface area contributed by atoms with Gasteiger partial charge in [-0.2, -0.15) is 0 Å². The number of amides is 2. The highest BCUT2D eigenvalue weighted by Crippen LogP contribution is 2.36. The van der Waals surface area contributed by atoms with Gasteiger partial charge in [0.15, 0.2) is 6.10 Å². The van der Waals surface area contributed by atoms with Gasteiger partial charge < -0.3 is 15.0 Å². The summed E-state index contributed by atoms with van der Waals surface area (Å²) >= 11 is 0. The molecule has 0 spiro atoms. The van der Waals surface area contributed by atoms with Crippen molar-refractivity contribution in [1.82, 2.24) is 0 Å². The van der Waals surface area contributed by atoms with Crippen molar-refractivity contribution >= 4 is 23.2 Å². The number of benzene rings is 2. The Hall–Kier alpha value is -2.82. The second-order valence-electron chi connectivity index (χ2n) is 6.06. The molecule has 0 radical (unpaired) electrons. The van der Waals surface area contributed by atoms with Gasteiger partial charge in [-0.15, -0.1) is 0 Å². The lowest BCUT2D eigenvalue weighted by Crippen LogP contribution is -2.44. The summed E-state index contributed by atoms with van der Waals surface area (Å²) in [4.78, 5) is 26.0. The van der Waals surface area contributed by atoms with Gasteiger partial charge in [0.05, 0.1) is 5.69 Å². The zero-order chi connectivity index (χ0) is 17.8. The number of fused-ring (bicyclic) bond motifs is 1. The van der Waals surface area contributed by atoms with Crippen LogP contribution >= 0.6 is 0 Å². The molecule has 0 saturated heterocycles. The first-order valence-corrected chi connectivity index (χ1v) is 8.54. The quantitative estimate of drug-likeness (QED) is 0.909. The van der Waals surface area contributed by atoms with E-state index in [9.17, 15) is 9.59 Å². The Bertz CT molecular complexity index is 774. The topological polar surface area (TPSA) is 58.6 Å². The number of hydrogen-bond acceptors (Lipinski definition) is 3.